The minimum Gasteiger partial charge on any atom is -0.380 e. The molecule has 112 valence electrons. The van der Waals surface area contributed by atoms with Gasteiger partial charge in [-0.25, -0.2) is 0 Å². The number of ether oxygens (including phenoxy) is 1. The Hall–Kier alpha value is -0.120. The van der Waals surface area contributed by atoms with Crippen molar-refractivity contribution in [1.82, 2.24) is 4.90 Å². The third-order valence-corrected chi connectivity index (χ3v) is 5.78. The van der Waals surface area contributed by atoms with Crippen molar-refractivity contribution in [3.05, 3.63) is 0 Å². The van der Waals surface area contributed by atoms with Crippen LogP contribution < -0.4 is 5.73 Å². The fraction of sp³-hybridized carbons (Fsp3) is 1.00. The number of nitrogens with two attached hydrogens (primary N) is 1. The fourth-order valence-corrected chi connectivity index (χ4v) is 3.81. The van der Waals surface area contributed by atoms with Crippen LogP contribution in [0, 0.1) is 11.3 Å². The van der Waals surface area contributed by atoms with E-state index in [1.165, 1.54) is 38.6 Å². The van der Waals surface area contributed by atoms with E-state index in [2.05, 4.69) is 25.7 Å². The highest BCUT2D eigenvalue weighted by molar-refractivity contribution is 5.00. The molecule has 2 aliphatic rings. The van der Waals surface area contributed by atoms with E-state index < -0.39 is 0 Å². The average Bonchev–Trinajstić information content (AvgIpc) is 2.40. The number of methoxy groups -OCH3 is 1. The summed E-state index contributed by atoms with van der Waals surface area (Å²) in [5.74, 6) is 0.677. The lowest BCUT2D eigenvalue weighted by Gasteiger charge is -2.52. The highest BCUT2D eigenvalue weighted by Crippen LogP contribution is 2.43. The molecule has 19 heavy (non-hydrogen) atoms. The molecule has 1 aliphatic carbocycles. The molecular weight excluding hydrogens is 236 g/mol. The molecule has 3 nitrogen and oxygen atoms in total. The summed E-state index contributed by atoms with van der Waals surface area (Å²) in [4.78, 5) is 2.65. The molecule has 1 saturated carbocycles. The van der Waals surface area contributed by atoms with E-state index in [0.29, 0.717) is 17.4 Å². The van der Waals surface area contributed by atoms with Crippen LogP contribution in [0.5, 0.6) is 0 Å². The van der Waals surface area contributed by atoms with Gasteiger partial charge in [0.1, 0.15) is 0 Å². The quantitative estimate of drug-likeness (QED) is 0.855. The molecule has 0 aromatic rings. The van der Waals surface area contributed by atoms with Gasteiger partial charge in [-0.05, 0) is 50.0 Å². The first-order chi connectivity index (χ1) is 8.92. The van der Waals surface area contributed by atoms with Crippen molar-refractivity contribution in [2.75, 3.05) is 26.7 Å². The van der Waals surface area contributed by atoms with Crippen molar-refractivity contribution in [2.45, 2.75) is 64.5 Å². The second kappa shape index (κ2) is 5.71. The summed E-state index contributed by atoms with van der Waals surface area (Å²) in [6.45, 7) is 10.2. The normalized spacial score (nSPS) is 35.2. The molecule has 0 radical (unpaired) electrons. The van der Waals surface area contributed by atoms with Gasteiger partial charge in [-0.2, -0.15) is 0 Å². The van der Waals surface area contributed by atoms with Crippen molar-refractivity contribution in [2.24, 2.45) is 17.1 Å². The molecule has 1 heterocycles. The summed E-state index contributed by atoms with van der Waals surface area (Å²) >= 11 is 0. The van der Waals surface area contributed by atoms with Crippen molar-refractivity contribution < 1.29 is 4.74 Å². The van der Waals surface area contributed by atoms with E-state index in [-0.39, 0.29) is 5.54 Å². The van der Waals surface area contributed by atoms with Gasteiger partial charge < -0.3 is 10.5 Å². The predicted molar refractivity (Wildman–Crippen MR) is 80.2 cm³/mol. The Kier molecular flexibility index (Phi) is 4.59. The molecule has 1 aliphatic heterocycles. The van der Waals surface area contributed by atoms with Crippen LogP contribution in [-0.2, 0) is 4.74 Å². The first-order valence-corrected chi connectivity index (χ1v) is 7.90. The Morgan fingerprint density at radius 3 is 2.37 bits per heavy atom. The summed E-state index contributed by atoms with van der Waals surface area (Å²) in [6, 6.07) is 0. The molecule has 0 spiro atoms. The van der Waals surface area contributed by atoms with Gasteiger partial charge in [0.15, 0.2) is 0 Å². The number of nitrogens with zero attached hydrogens (tertiary/aromatic N) is 1. The number of rotatable bonds is 3. The second-order valence-corrected chi connectivity index (χ2v) is 7.58. The maximum Gasteiger partial charge on any atom is 0.0724 e. The zero-order chi connectivity index (χ0) is 14.1. The van der Waals surface area contributed by atoms with Gasteiger partial charge in [-0.15, -0.1) is 0 Å². The van der Waals surface area contributed by atoms with Crippen LogP contribution in [0.1, 0.15) is 52.9 Å². The zero-order valence-corrected chi connectivity index (χ0v) is 13.2. The second-order valence-electron chi connectivity index (χ2n) is 7.58. The van der Waals surface area contributed by atoms with Crippen molar-refractivity contribution >= 4 is 0 Å². The average molecular weight is 268 g/mol. The van der Waals surface area contributed by atoms with E-state index in [1.54, 1.807) is 0 Å². The van der Waals surface area contributed by atoms with Gasteiger partial charge >= 0.3 is 0 Å². The van der Waals surface area contributed by atoms with Crippen molar-refractivity contribution in [1.29, 1.82) is 0 Å². The molecule has 2 rings (SSSR count). The monoisotopic (exact) mass is 268 g/mol. The summed E-state index contributed by atoms with van der Waals surface area (Å²) in [5, 5.41) is 0. The number of hydrogen-bond donors (Lipinski definition) is 1. The minimum atomic E-state index is 0.242. The summed E-state index contributed by atoms with van der Waals surface area (Å²) in [6.07, 6.45) is 6.72. The van der Waals surface area contributed by atoms with Gasteiger partial charge in [0, 0.05) is 25.7 Å². The first kappa shape index (κ1) is 15.3. The molecule has 3 heteroatoms. The van der Waals surface area contributed by atoms with Gasteiger partial charge in [0.2, 0.25) is 0 Å². The van der Waals surface area contributed by atoms with Crippen molar-refractivity contribution in [3.8, 4) is 0 Å². The lowest BCUT2D eigenvalue weighted by atomic mass is 9.68. The Bertz CT molecular complexity index is 293. The Morgan fingerprint density at radius 1 is 1.21 bits per heavy atom. The summed E-state index contributed by atoms with van der Waals surface area (Å²) in [5.41, 5.74) is 6.94. The number of likely N-dealkylation sites (tertiary alicyclic amines) is 1. The van der Waals surface area contributed by atoms with E-state index >= 15 is 0 Å². The lowest BCUT2D eigenvalue weighted by Crippen LogP contribution is -2.61. The van der Waals surface area contributed by atoms with Gasteiger partial charge in [0.25, 0.3) is 0 Å². The molecule has 1 saturated heterocycles. The molecular formula is C16H32N2O. The Labute approximate surface area is 118 Å². The molecule has 0 aromatic carbocycles. The molecule has 2 atom stereocenters. The molecule has 2 N–H and O–H groups in total. The number of hydrogen-bond acceptors (Lipinski definition) is 3. The van der Waals surface area contributed by atoms with E-state index in [9.17, 15) is 0 Å². The van der Waals surface area contributed by atoms with Crippen molar-refractivity contribution in [3.63, 3.8) is 0 Å². The maximum absolute atomic E-state index is 6.20. The van der Waals surface area contributed by atoms with Gasteiger partial charge in [0.05, 0.1) is 6.10 Å². The van der Waals surface area contributed by atoms with Gasteiger partial charge in [-0.3, -0.25) is 4.90 Å². The third-order valence-electron chi connectivity index (χ3n) is 5.78. The van der Waals surface area contributed by atoms with Crippen LogP contribution in [0.15, 0.2) is 0 Å². The third kappa shape index (κ3) is 3.14. The smallest absolute Gasteiger partial charge is 0.0724 e. The SMILES string of the molecule is COC1CN(C2(CN)CCC(C)(C)CC2)CCC1C. The van der Waals surface area contributed by atoms with E-state index in [0.717, 1.165) is 13.1 Å². The van der Waals surface area contributed by atoms with Crippen LogP contribution in [0.2, 0.25) is 0 Å². The van der Waals surface area contributed by atoms with Crippen LogP contribution in [0.25, 0.3) is 0 Å². The lowest BCUT2D eigenvalue weighted by molar-refractivity contribution is -0.0636. The Balaban J connectivity index is 2.06. The standard InChI is InChI=1S/C16H32N2O/c1-13-5-10-18(11-14(13)19-4)16(12-17)8-6-15(2,3)7-9-16/h13-14H,5-12,17H2,1-4H3. The fourth-order valence-electron chi connectivity index (χ4n) is 3.81. The first-order valence-electron chi connectivity index (χ1n) is 7.90. The van der Waals surface area contributed by atoms with Crippen LogP contribution >= 0.6 is 0 Å². The predicted octanol–water partition coefficient (Wildman–Crippen LogP) is 2.64. The Morgan fingerprint density at radius 2 is 1.84 bits per heavy atom. The largest absolute Gasteiger partial charge is 0.380 e. The van der Waals surface area contributed by atoms with E-state index in [1.807, 2.05) is 7.11 Å². The molecule has 0 aromatic heterocycles. The highest BCUT2D eigenvalue weighted by Gasteiger charge is 2.43. The maximum atomic E-state index is 6.20. The summed E-state index contributed by atoms with van der Waals surface area (Å²) < 4.78 is 5.67. The number of piperidine rings is 1. The van der Waals surface area contributed by atoms with Crippen LogP contribution in [0.3, 0.4) is 0 Å². The van der Waals surface area contributed by atoms with Crippen LogP contribution in [-0.4, -0.2) is 43.3 Å². The summed E-state index contributed by atoms with van der Waals surface area (Å²) in [7, 11) is 1.85. The molecule has 0 amide bonds. The highest BCUT2D eigenvalue weighted by atomic mass is 16.5. The van der Waals surface area contributed by atoms with E-state index in [4.69, 9.17) is 10.5 Å². The van der Waals surface area contributed by atoms with Crippen LogP contribution in [0.4, 0.5) is 0 Å². The van der Waals surface area contributed by atoms with Gasteiger partial charge in [-0.1, -0.05) is 20.8 Å². The molecule has 2 fully saturated rings. The topological polar surface area (TPSA) is 38.5 Å². The molecule has 0 bridgehead atoms. The minimum absolute atomic E-state index is 0.242. The zero-order valence-electron chi connectivity index (χ0n) is 13.2. The molecule has 2 unspecified atom stereocenters.